The van der Waals surface area contributed by atoms with Gasteiger partial charge in [0.2, 0.25) is 11.8 Å². The fourth-order valence-electron chi connectivity index (χ4n) is 4.72. The van der Waals surface area contributed by atoms with Gasteiger partial charge in [-0.1, -0.05) is 26.8 Å². The fraction of sp³-hybridized carbons (Fsp3) is 0.667. The van der Waals surface area contributed by atoms with Gasteiger partial charge >= 0.3 is 0 Å². The van der Waals surface area contributed by atoms with Crippen molar-refractivity contribution in [1.29, 1.82) is 0 Å². The maximum atomic E-state index is 14.0. The number of nitrogens with one attached hydrogen (secondary N) is 1. The number of benzene rings is 1. The number of hydrogen-bond acceptors (Lipinski definition) is 6. The van der Waals surface area contributed by atoms with Crippen LogP contribution in [0.3, 0.4) is 0 Å². The summed E-state index contributed by atoms with van der Waals surface area (Å²) in [6.07, 6.45) is 3.37. The summed E-state index contributed by atoms with van der Waals surface area (Å²) in [6.45, 7) is 6.31. The number of nitrogens with zero attached hydrogens (tertiary/aromatic N) is 2. The third-order valence-electron chi connectivity index (χ3n) is 6.72. The van der Waals surface area contributed by atoms with Crippen LogP contribution in [0.4, 0.5) is 4.39 Å². The molecule has 4 atom stereocenters. The van der Waals surface area contributed by atoms with E-state index < -0.39 is 36.0 Å². The molecule has 2 fully saturated rings. The molecule has 1 aliphatic heterocycles. The second-order valence-corrected chi connectivity index (χ2v) is 11.4. The van der Waals surface area contributed by atoms with Crippen molar-refractivity contribution in [1.82, 2.24) is 15.2 Å². The van der Waals surface area contributed by atoms with Crippen LogP contribution in [-0.4, -0.2) is 64.7 Å². The van der Waals surface area contributed by atoms with Gasteiger partial charge in [0.05, 0.1) is 17.1 Å². The molecule has 0 bridgehead atoms. The first-order valence-electron chi connectivity index (χ1n) is 11.9. The third-order valence-corrected chi connectivity index (χ3v) is 7.36. The summed E-state index contributed by atoms with van der Waals surface area (Å²) in [7, 11) is 0. The molecule has 2 unspecified atom stereocenters. The maximum Gasteiger partial charge on any atom is 0.243 e. The van der Waals surface area contributed by atoms with Crippen molar-refractivity contribution in [3.8, 4) is 0 Å². The van der Waals surface area contributed by atoms with Crippen LogP contribution in [0, 0.1) is 17.2 Å². The normalized spacial score (nSPS) is 21.4. The van der Waals surface area contributed by atoms with Crippen LogP contribution in [0.15, 0.2) is 22.7 Å². The molecular weight excluding hydrogens is 505 g/mol. The van der Waals surface area contributed by atoms with Crippen molar-refractivity contribution in [3.63, 3.8) is 0 Å². The number of aliphatic hydroxyl groups is 1. The number of rotatable bonds is 9. The Morgan fingerprint density at radius 3 is 2.56 bits per heavy atom. The molecule has 1 aromatic rings. The van der Waals surface area contributed by atoms with E-state index in [2.05, 4.69) is 21.2 Å². The Kier molecular flexibility index (Phi) is 8.73. The molecule has 1 saturated heterocycles. The molecule has 6 N–H and O–H groups in total. The first-order chi connectivity index (χ1) is 15.9. The number of nitrogens with two attached hydrogens (primary N) is 2. The van der Waals surface area contributed by atoms with E-state index in [0.717, 1.165) is 12.8 Å². The number of carbonyl (C=O) groups is 2. The summed E-state index contributed by atoms with van der Waals surface area (Å²) in [4.78, 5) is 28.5. The molecule has 8 nitrogen and oxygen atoms in total. The highest BCUT2D eigenvalue weighted by molar-refractivity contribution is 9.10. The van der Waals surface area contributed by atoms with Gasteiger partial charge in [-0.3, -0.25) is 15.4 Å². The topological polar surface area (TPSA) is 125 Å². The SMILES string of the molecule is CC(C)(C)[C@@H](C(=O)N1CCC[C@H]1C(=O)NC(CO)c1ccc(Br)c(F)c1)N(N)CC(N)C1CC1. The summed E-state index contributed by atoms with van der Waals surface area (Å²) in [5.74, 6) is 5.79. The Labute approximate surface area is 209 Å². The van der Waals surface area contributed by atoms with Gasteiger partial charge < -0.3 is 21.1 Å². The second-order valence-electron chi connectivity index (χ2n) is 10.6. The van der Waals surface area contributed by atoms with Crippen molar-refractivity contribution in [2.45, 2.75) is 70.6 Å². The lowest BCUT2D eigenvalue weighted by atomic mass is 9.85. The van der Waals surface area contributed by atoms with E-state index in [1.54, 1.807) is 16.0 Å². The Morgan fingerprint density at radius 1 is 1.32 bits per heavy atom. The summed E-state index contributed by atoms with van der Waals surface area (Å²) in [5.41, 5.74) is 6.25. The van der Waals surface area contributed by atoms with E-state index >= 15 is 0 Å². The minimum Gasteiger partial charge on any atom is -0.394 e. The van der Waals surface area contributed by atoms with Gasteiger partial charge in [-0.2, -0.15) is 0 Å². The van der Waals surface area contributed by atoms with Crippen LogP contribution in [0.1, 0.15) is 58.1 Å². The summed E-state index contributed by atoms with van der Waals surface area (Å²) in [6, 6.07) is 2.24. The van der Waals surface area contributed by atoms with Crippen molar-refractivity contribution < 1.29 is 19.1 Å². The Bertz CT molecular complexity index is 892. The smallest absolute Gasteiger partial charge is 0.243 e. The molecule has 1 aromatic carbocycles. The van der Waals surface area contributed by atoms with Gasteiger partial charge in [0.15, 0.2) is 0 Å². The zero-order valence-corrected chi connectivity index (χ0v) is 21.7. The lowest BCUT2D eigenvalue weighted by Crippen LogP contribution is -2.61. The fourth-order valence-corrected chi connectivity index (χ4v) is 4.97. The lowest BCUT2D eigenvalue weighted by molar-refractivity contribution is -0.146. The zero-order chi connectivity index (χ0) is 25.2. The minimum atomic E-state index is -0.784. The van der Waals surface area contributed by atoms with Crippen molar-refractivity contribution in [2.75, 3.05) is 19.7 Å². The number of hydrogen-bond donors (Lipinski definition) is 4. The van der Waals surface area contributed by atoms with Crippen LogP contribution in [0.25, 0.3) is 0 Å². The highest BCUT2D eigenvalue weighted by Gasteiger charge is 2.44. The van der Waals surface area contributed by atoms with Gasteiger partial charge in [0, 0.05) is 19.1 Å². The molecule has 2 amide bonds. The van der Waals surface area contributed by atoms with E-state index in [1.807, 2.05) is 20.8 Å². The van der Waals surface area contributed by atoms with Crippen LogP contribution in [0.5, 0.6) is 0 Å². The molecule has 2 aliphatic rings. The van der Waals surface area contributed by atoms with Gasteiger partial charge in [0.25, 0.3) is 0 Å². The number of aliphatic hydroxyl groups excluding tert-OH is 1. The predicted molar refractivity (Wildman–Crippen MR) is 132 cm³/mol. The molecule has 3 rings (SSSR count). The number of amides is 2. The van der Waals surface area contributed by atoms with E-state index in [-0.39, 0.29) is 17.9 Å². The van der Waals surface area contributed by atoms with Crippen molar-refractivity contribution in [2.24, 2.45) is 22.9 Å². The monoisotopic (exact) mass is 541 g/mol. The van der Waals surface area contributed by atoms with E-state index in [9.17, 15) is 19.1 Å². The largest absolute Gasteiger partial charge is 0.394 e. The van der Waals surface area contributed by atoms with Gasteiger partial charge in [-0.15, -0.1) is 0 Å². The van der Waals surface area contributed by atoms with E-state index in [1.165, 1.54) is 12.1 Å². The quantitative estimate of drug-likeness (QED) is 0.280. The predicted octanol–water partition coefficient (Wildman–Crippen LogP) is 2.06. The highest BCUT2D eigenvalue weighted by atomic mass is 79.9. The average Bonchev–Trinajstić information content (AvgIpc) is 3.49. The molecule has 34 heavy (non-hydrogen) atoms. The van der Waals surface area contributed by atoms with Crippen LogP contribution in [-0.2, 0) is 9.59 Å². The summed E-state index contributed by atoms with van der Waals surface area (Å²) < 4.78 is 14.3. The van der Waals surface area contributed by atoms with E-state index in [4.69, 9.17) is 11.6 Å². The number of hydrazine groups is 1. The van der Waals surface area contributed by atoms with Gasteiger partial charge in [0.1, 0.15) is 17.9 Å². The Hall–Kier alpha value is -1.59. The first-order valence-corrected chi connectivity index (χ1v) is 12.7. The molecule has 1 aliphatic carbocycles. The number of likely N-dealkylation sites (tertiary alicyclic amines) is 1. The minimum absolute atomic E-state index is 0.0862. The van der Waals surface area contributed by atoms with Crippen LogP contribution < -0.4 is 16.9 Å². The molecule has 1 heterocycles. The van der Waals surface area contributed by atoms with Crippen LogP contribution in [0.2, 0.25) is 0 Å². The molecule has 190 valence electrons. The molecule has 1 saturated carbocycles. The summed E-state index contributed by atoms with van der Waals surface area (Å²) >= 11 is 3.10. The second kappa shape index (κ2) is 11.0. The van der Waals surface area contributed by atoms with Crippen molar-refractivity contribution >= 4 is 27.7 Å². The molecule has 0 aromatic heterocycles. The van der Waals surface area contributed by atoms with E-state index in [0.29, 0.717) is 41.9 Å². The molecule has 0 spiro atoms. The number of halogens is 2. The summed E-state index contributed by atoms with van der Waals surface area (Å²) in [5, 5.41) is 14.2. The zero-order valence-electron chi connectivity index (χ0n) is 20.1. The molecule has 0 radical (unpaired) electrons. The first kappa shape index (κ1) is 27.0. The van der Waals surface area contributed by atoms with Gasteiger partial charge in [-0.05, 0) is 70.6 Å². The highest BCUT2D eigenvalue weighted by Crippen LogP contribution is 2.33. The molecular formula is C24H37BrFN5O3. The van der Waals surface area contributed by atoms with Crippen molar-refractivity contribution in [3.05, 3.63) is 34.1 Å². The Morgan fingerprint density at radius 2 is 2.00 bits per heavy atom. The third kappa shape index (κ3) is 6.34. The van der Waals surface area contributed by atoms with Crippen LogP contribution >= 0.6 is 15.9 Å². The average molecular weight is 542 g/mol. The maximum absolute atomic E-state index is 14.0. The van der Waals surface area contributed by atoms with Gasteiger partial charge in [-0.25, -0.2) is 9.40 Å². The standard InChI is InChI=1S/C24H37BrFN5O3/c1-24(2,3)21(31(28)12-18(27)14-6-7-14)23(34)30-10-4-5-20(30)22(33)29-19(13-32)15-8-9-16(25)17(26)11-15/h8-9,11,14,18-21,32H,4-7,10,12-13,27-28H2,1-3H3,(H,29,33)/t18?,19?,20-,21+/m0/s1. The lowest BCUT2D eigenvalue weighted by Gasteiger charge is -2.40. The Balaban J connectivity index is 1.73. The molecule has 10 heteroatoms. The number of carbonyl (C=O) groups excluding carboxylic acids is 2.